The van der Waals surface area contributed by atoms with Crippen LogP contribution < -0.4 is 10.6 Å². The van der Waals surface area contributed by atoms with Crippen molar-refractivity contribution < 1.29 is 13.9 Å². The largest absolute Gasteiger partial charge is 0.465 e. The molecule has 1 saturated heterocycles. The molecule has 8 heteroatoms. The minimum absolute atomic E-state index is 0. The van der Waals surface area contributed by atoms with E-state index in [4.69, 9.17) is 13.9 Å². The number of halogens is 1. The van der Waals surface area contributed by atoms with Crippen molar-refractivity contribution in [2.45, 2.75) is 19.9 Å². The van der Waals surface area contributed by atoms with Crippen LogP contribution in [0.5, 0.6) is 0 Å². The van der Waals surface area contributed by atoms with Gasteiger partial charge in [0.25, 0.3) is 0 Å². The first-order valence-electron chi connectivity index (χ1n) is 8.65. The number of hydrogen-bond donors (Lipinski definition) is 2. The molecule has 0 radical (unpaired) electrons. The summed E-state index contributed by atoms with van der Waals surface area (Å²) in [6, 6.07) is 4.23. The van der Waals surface area contributed by atoms with Gasteiger partial charge in [0.1, 0.15) is 11.5 Å². The number of nitrogens with one attached hydrogen (secondary N) is 2. The Balaban J connectivity index is 0.00000312. The van der Waals surface area contributed by atoms with Gasteiger partial charge in [-0.05, 0) is 26.0 Å². The van der Waals surface area contributed by atoms with Gasteiger partial charge in [-0.25, -0.2) is 0 Å². The second-order valence-corrected chi connectivity index (χ2v) is 5.69. The van der Waals surface area contributed by atoms with Crippen molar-refractivity contribution in [1.29, 1.82) is 0 Å². The van der Waals surface area contributed by atoms with Crippen LogP contribution in [0.3, 0.4) is 0 Å². The van der Waals surface area contributed by atoms with Gasteiger partial charge >= 0.3 is 0 Å². The van der Waals surface area contributed by atoms with E-state index in [1.54, 1.807) is 7.05 Å². The summed E-state index contributed by atoms with van der Waals surface area (Å²) in [7, 11) is 1.77. The van der Waals surface area contributed by atoms with E-state index in [0.717, 1.165) is 63.5 Å². The van der Waals surface area contributed by atoms with Gasteiger partial charge in [-0.3, -0.25) is 9.89 Å². The fraction of sp³-hybridized carbons (Fsp3) is 0.706. The highest BCUT2D eigenvalue weighted by molar-refractivity contribution is 14.0. The molecule has 0 saturated carbocycles. The fourth-order valence-corrected chi connectivity index (χ4v) is 2.73. The zero-order valence-electron chi connectivity index (χ0n) is 15.4. The Morgan fingerprint density at radius 3 is 2.68 bits per heavy atom. The molecule has 2 N–H and O–H groups in total. The third-order valence-corrected chi connectivity index (χ3v) is 4.01. The Morgan fingerprint density at radius 2 is 2.08 bits per heavy atom. The van der Waals surface area contributed by atoms with Gasteiger partial charge < -0.3 is 24.5 Å². The molecular formula is C17H31IN4O3. The summed E-state index contributed by atoms with van der Waals surface area (Å²) in [5, 5.41) is 6.65. The Hall–Kier alpha value is -0.840. The molecule has 1 fully saturated rings. The van der Waals surface area contributed by atoms with E-state index in [1.807, 2.05) is 19.9 Å². The number of nitrogens with zero attached hydrogens (tertiary/aromatic N) is 2. The molecule has 144 valence electrons. The van der Waals surface area contributed by atoms with Gasteiger partial charge in [0, 0.05) is 39.8 Å². The van der Waals surface area contributed by atoms with Gasteiger partial charge in [0.2, 0.25) is 0 Å². The quantitative estimate of drug-likeness (QED) is 0.264. The lowest BCUT2D eigenvalue weighted by atomic mass is 10.1. The maximum Gasteiger partial charge on any atom is 0.191 e. The molecule has 2 rings (SSSR count). The summed E-state index contributed by atoms with van der Waals surface area (Å²) < 4.78 is 16.7. The van der Waals surface area contributed by atoms with Gasteiger partial charge in [-0.15, -0.1) is 24.0 Å². The van der Waals surface area contributed by atoms with Crippen molar-refractivity contribution in [1.82, 2.24) is 15.5 Å². The molecule has 1 unspecified atom stereocenters. The zero-order chi connectivity index (χ0) is 17.2. The average Bonchev–Trinajstić information content (AvgIpc) is 3.04. The van der Waals surface area contributed by atoms with Crippen molar-refractivity contribution in [2.75, 3.05) is 59.7 Å². The second kappa shape index (κ2) is 12.5. The first kappa shape index (κ1) is 22.2. The minimum atomic E-state index is 0. The summed E-state index contributed by atoms with van der Waals surface area (Å²) in [5.74, 6) is 2.69. The summed E-state index contributed by atoms with van der Waals surface area (Å²) in [4.78, 5) is 6.66. The van der Waals surface area contributed by atoms with E-state index < -0.39 is 0 Å². The van der Waals surface area contributed by atoms with Crippen LogP contribution in [-0.2, 0) is 9.47 Å². The number of furan rings is 1. The molecule has 7 nitrogen and oxygen atoms in total. The van der Waals surface area contributed by atoms with Crippen molar-refractivity contribution in [2.24, 2.45) is 4.99 Å². The molecule has 1 aliphatic rings. The Labute approximate surface area is 167 Å². The average molecular weight is 466 g/mol. The lowest BCUT2D eigenvalue weighted by Crippen LogP contribution is -2.46. The van der Waals surface area contributed by atoms with Gasteiger partial charge in [0.05, 0.1) is 25.9 Å². The van der Waals surface area contributed by atoms with E-state index in [0.29, 0.717) is 6.61 Å². The third kappa shape index (κ3) is 7.51. The van der Waals surface area contributed by atoms with Crippen LogP contribution in [0.2, 0.25) is 0 Å². The maximum absolute atomic E-state index is 5.88. The first-order chi connectivity index (χ1) is 11.7. The Kier molecular flexibility index (Phi) is 11.1. The number of aliphatic imine (C=N–C) groups is 1. The van der Waals surface area contributed by atoms with Crippen LogP contribution in [0, 0.1) is 6.92 Å². The second-order valence-electron chi connectivity index (χ2n) is 5.69. The van der Waals surface area contributed by atoms with Crippen LogP contribution in [0.1, 0.15) is 24.5 Å². The molecule has 0 bridgehead atoms. The number of ether oxygens (including phenoxy) is 2. The SMILES string of the molecule is CCOCCNC(=NC)NCC(c1ccc(C)o1)N1CCOCC1.I. The van der Waals surface area contributed by atoms with Crippen LogP contribution >= 0.6 is 24.0 Å². The van der Waals surface area contributed by atoms with Gasteiger partial charge in [-0.2, -0.15) is 0 Å². The molecule has 0 spiro atoms. The highest BCUT2D eigenvalue weighted by Crippen LogP contribution is 2.23. The zero-order valence-corrected chi connectivity index (χ0v) is 17.7. The van der Waals surface area contributed by atoms with Crippen LogP contribution in [-0.4, -0.2) is 70.5 Å². The number of aryl methyl sites for hydroxylation is 1. The molecule has 0 aromatic carbocycles. The lowest BCUT2D eigenvalue weighted by molar-refractivity contribution is 0.0124. The highest BCUT2D eigenvalue weighted by Gasteiger charge is 2.25. The minimum Gasteiger partial charge on any atom is -0.465 e. The first-order valence-corrected chi connectivity index (χ1v) is 8.65. The number of rotatable bonds is 8. The molecule has 1 aromatic rings. The van der Waals surface area contributed by atoms with Crippen molar-refractivity contribution in [3.8, 4) is 0 Å². The Morgan fingerprint density at radius 1 is 1.32 bits per heavy atom. The van der Waals surface area contributed by atoms with Crippen molar-refractivity contribution >= 4 is 29.9 Å². The summed E-state index contributed by atoms with van der Waals surface area (Å²) in [6.07, 6.45) is 0. The lowest BCUT2D eigenvalue weighted by Gasteiger charge is -2.33. The highest BCUT2D eigenvalue weighted by atomic mass is 127. The molecule has 1 aromatic heterocycles. The summed E-state index contributed by atoms with van der Waals surface area (Å²) in [5.41, 5.74) is 0. The summed E-state index contributed by atoms with van der Waals surface area (Å²) >= 11 is 0. The van der Waals surface area contributed by atoms with Crippen molar-refractivity contribution in [3.05, 3.63) is 23.7 Å². The van der Waals surface area contributed by atoms with E-state index in [-0.39, 0.29) is 30.0 Å². The predicted octanol–water partition coefficient (Wildman–Crippen LogP) is 1.78. The Bertz CT molecular complexity index is 504. The summed E-state index contributed by atoms with van der Waals surface area (Å²) in [6.45, 7) is 10.1. The predicted molar refractivity (Wildman–Crippen MR) is 110 cm³/mol. The van der Waals surface area contributed by atoms with Crippen LogP contribution in [0.25, 0.3) is 0 Å². The molecule has 1 atom stereocenters. The number of guanidine groups is 1. The van der Waals surface area contributed by atoms with E-state index in [9.17, 15) is 0 Å². The normalized spacial score (nSPS) is 17.0. The molecule has 2 heterocycles. The standard InChI is InChI=1S/C17H30N4O3.HI/c1-4-22-10-7-19-17(18-3)20-13-15(16-6-5-14(2)24-16)21-8-11-23-12-9-21;/h5-6,15H,4,7-13H2,1-3H3,(H2,18,19,20);1H. The van der Waals surface area contributed by atoms with Crippen LogP contribution in [0.4, 0.5) is 0 Å². The number of hydrogen-bond acceptors (Lipinski definition) is 5. The smallest absolute Gasteiger partial charge is 0.191 e. The topological polar surface area (TPSA) is 71.3 Å². The maximum atomic E-state index is 5.88. The number of morpholine rings is 1. The third-order valence-electron chi connectivity index (χ3n) is 4.01. The molecule has 1 aliphatic heterocycles. The monoisotopic (exact) mass is 466 g/mol. The van der Waals surface area contributed by atoms with Crippen LogP contribution in [0.15, 0.2) is 21.5 Å². The molecule has 25 heavy (non-hydrogen) atoms. The van der Waals surface area contributed by atoms with Gasteiger partial charge in [-0.1, -0.05) is 0 Å². The van der Waals surface area contributed by atoms with Gasteiger partial charge in [0.15, 0.2) is 5.96 Å². The molecular weight excluding hydrogens is 435 g/mol. The van der Waals surface area contributed by atoms with E-state index >= 15 is 0 Å². The van der Waals surface area contributed by atoms with E-state index in [2.05, 4.69) is 26.6 Å². The molecule has 0 amide bonds. The van der Waals surface area contributed by atoms with E-state index in [1.165, 1.54) is 0 Å². The fourth-order valence-electron chi connectivity index (χ4n) is 2.73. The molecule has 0 aliphatic carbocycles. The van der Waals surface area contributed by atoms with Crippen molar-refractivity contribution in [3.63, 3.8) is 0 Å².